The summed E-state index contributed by atoms with van der Waals surface area (Å²) in [4.78, 5) is 26.0. The maximum Gasteiger partial charge on any atom is 0.225 e. The fourth-order valence-electron chi connectivity index (χ4n) is 2.94. The molecule has 0 aromatic heterocycles. The van der Waals surface area contributed by atoms with E-state index >= 15 is 0 Å². The first kappa shape index (κ1) is 17.4. The monoisotopic (exact) mass is 320 g/mol. The van der Waals surface area contributed by atoms with E-state index in [1.807, 2.05) is 6.92 Å². The number of rotatable bonds is 7. The Balaban J connectivity index is 1.82. The second kappa shape index (κ2) is 8.09. The molecule has 126 valence electrons. The Morgan fingerprint density at radius 2 is 2.09 bits per heavy atom. The normalized spacial score (nSPS) is 19.0. The molecule has 1 aliphatic heterocycles. The molecule has 23 heavy (non-hydrogen) atoms. The van der Waals surface area contributed by atoms with Crippen LogP contribution in [0.1, 0.15) is 38.7 Å². The first-order valence-corrected chi connectivity index (χ1v) is 8.32. The van der Waals surface area contributed by atoms with Crippen LogP contribution in [0.3, 0.4) is 0 Å². The fourth-order valence-corrected chi connectivity index (χ4v) is 2.94. The number of nitrogens with one attached hydrogen (secondary N) is 1. The molecule has 1 heterocycles. The molecule has 2 atom stereocenters. The number of benzene rings is 1. The molecule has 1 N–H and O–H groups in total. The summed E-state index contributed by atoms with van der Waals surface area (Å²) in [5.41, 5.74) is 0.990. The van der Waals surface area contributed by atoms with Crippen LogP contribution in [0.5, 0.6) is 0 Å². The number of carbonyl (C=O) groups is 2. The molecule has 0 aliphatic carbocycles. The number of likely N-dealkylation sites (tertiary alicyclic amines) is 1. The van der Waals surface area contributed by atoms with Gasteiger partial charge in [-0.2, -0.15) is 0 Å². The van der Waals surface area contributed by atoms with E-state index < -0.39 is 0 Å². The van der Waals surface area contributed by atoms with Crippen LogP contribution in [0.2, 0.25) is 0 Å². The summed E-state index contributed by atoms with van der Waals surface area (Å²) in [6, 6.07) is 6.45. The lowest BCUT2D eigenvalue weighted by atomic mass is 10.1. The predicted molar refractivity (Wildman–Crippen MR) is 87.3 cm³/mol. The lowest BCUT2D eigenvalue weighted by Gasteiger charge is -2.18. The molecule has 0 unspecified atom stereocenters. The summed E-state index contributed by atoms with van der Waals surface area (Å²) < 4.78 is 12.9. The standard InChI is InChI=1S/C18H25FN2O2/c1-3-4-13(2)20-18(23)15-11-17(22)21(12-15)10-9-14-5-7-16(19)8-6-14/h5-8,13,15H,3-4,9-12H2,1-2H3,(H,20,23)/t13-,15-/m0/s1. The Kier molecular flexibility index (Phi) is 6.13. The van der Waals surface area contributed by atoms with Crippen LogP contribution in [0, 0.1) is 11.7 Å². The van der Waals surface area contributed by atoms with Gasteiger partial charge in [-0.15, -0.1) is 0 Å². The zero-order valence-corrected chi connectivity index (χ0v) is 13.8. The number of hydrogen-bond acceptors (Lipinski definition) is 2. The summed E-state index contributed by atoms with van der Waals surface area (Å²) in [6.45, 7) is 5.12. The predicted octanol–water partition coefficient (Wildman–Crippen LogP) is 2.52. The number of nitrogens with zero attached hydrogens (tertiary/aromatic N) is 1. The van der Waals surface area contributed by atoms with Crippen LogP contribution in [0.25, 0.3) is 0 Å². The molecule has 4 nitrogen and oxygen atoms in total. The Bertz CT molecular complexity index is 544. The third-order valence-electron chi connectivity index (χ3n) is 4.28. The van der Waals surface area contributed by atoms with E-state index in [0.717, 1.165) is 18.4 Å². The Morgan fingerprint density at radius 1 is 1.39 bits per heavy atom. The van der Waals surface area contributed by atoms with Crippen molar-refractivity contribution in [1.82, 2.24) is 10.2 Å². The van der Waals surface area contributed by atoms with Gasteiger partial charge in [-0.05, 0) is 37.5 Å². The Morgan fingerprint density at radius 3 is 2.74 bits per heavy atom. The Labute approximate surface area is 137 Å². The molecule has 0 bridgehead atoms. The molecule has 2 amide bonds. The summed E-state index contributed by atoms with van der Waals surface area (Å²) in [7, 11) is 0. The van der Waals surface area contributed by atoms with E-state index in [9.17, 15) is 14.0 Å². The van der Waals surface area contributed by atoms with Gasteiger partial charge >= 0.3 is 0 Å². The molecule has 0 saturated carbocycles. The van der Waals surface area contributed by atoms with Gasteiger partial charge in [0, 0.05) is 25.6 Å². The molecule has 0 radical (unpaired) electrons. The second-order valence-corrected chi connectivity index (χ2v) is 6.32. The van der Waals surface area contributed by atoms with Gasteiger partial charge in [0.25, 0.3) is 0 Å². The summed E-state index contributed by atoms with van der Waals surface area (Å²) in [5.74, 6) is -0.516. The topological polar surface area (TPSA) is 49.4 Å². The van der Waals surface area contributed by atoms with E-state index in [4.69, 9.17) is 0 Å². The molecule has 1 aliphatic rings. The van der Waals surface area contributed by atoms with E-state index in [2.05, 4.69) is 12.2 Å². The lowest BCUT2D eigenvalue weighted by molar-refractivity contribution is -0.129. The highest BCUT2D eigenvalue weighted by Crippen LogP contribution is 2.19. The van der Waals surface area contributed by atoms with E-state index in [0.29, 0.717) is 19.5 Å². The third kappa shape index (κ3) is 5.05. The smallest absolute Gasteiger partial charge is 0.225 e. The van der Waals surface area contributed by atoms with Gasteiger partial charge in [0.1, 0.15) is 5.82 Å². The maximum absolute atomic E-state index is 12.9. The van der Waals surface area contributed by atoms with Crippen molar-refractivity contribution in [3.8, 4) is 0 Å². The number of amides is 2. The van der Waals surface area contributed by atoms with Crippen LogP contribution in [-0.4, -0.2) is 35.8 Å². The third-order valence-corrected chi connectivity index (χ3v) is 4.28. The van der Waals surface area contributed by atoms with Gasteiger partial charge in [0.05, 0.1) is 5.92 Å². The highest BCUT2D eigenvalue weighted by atomic mass is 19.1. The fraction of sp³-hybridized carbons (Fsp3) is 0.556. The van der Waals surface area contributed by atoms with Crippen molar-refractivity contribution < 1.29 is 14.0 Å². The van der Waals surface area contributed by atoms with Gasteiger partial charge in [-0.1, -0.05) is 25.5 Å². The van der Waals surface area contributed by atoms with Crippen LogP contribution < -0.4 is 5.32 Å². The van der Waals surface area contributed by atoms with Gasteiger partial charge in [-0.25, -0.2) is 4.39 Å². The average Bonchev–Trinajstić information content (AvgIpc) is 2.88. The first-order valence-electron chi connectivity index (χ1n) is 8.32. The molecule has 5 heteroatoms. The summed E-state index contributed by atoms with van der Waals surface area (Å²) in [5, 5.41) is 2.98. The maximum atomic E-state index is 12.9. The number of carbonyl (C=O) groups excluding carboxylic acids is 2. The quantitative estimate of drug-likeness (QED) is 0.839. The lowest BCUT2D eigenvalue weighted by Crippen LogP contribution is -2.38. The molecule has 1 fully saturated rings. The van der Waals surface area contributed by atoms with Crippen LogP contribution in [-0.2, 0) is 16.0 Å². The highest BCUT2D eigenvalue weighted by molar-refractivity contribution is 5.89. The van der Waals surface area contributed by atoms with Crippen LogP contribution in [0.4, 0.5) is 4.39 Å². The van der Waals surface area contributed by atoms with Crippen molar-refractivity contribution >= 4 is 11.8 Å². The van der Waals surface area contributed by atoms with Crippen molar-refractivity contribution in [2.45, 2.75) is 45.6 Å². The van der Waals surface area contributed by atoms with Gasteiger partial charge in [0.2, 0.25) is 11.8 Å². The van der Waals surface area contributed by atoms with Gasteiger partial charge in [-0.3, -0.25) is 9.59 Å². The van der Waals surface area contributed by atoms with Gasteiger partial charge in [0.15, 0.2) is 0 Å². The van der Waals surface area contributed by atoms with Crippen LogP contribution in [0.15, 0.2) is 24.3 Å². The number of halogens is 1. The minimum Gasteiger partial charge on any atom is -0.353 e. The molecule has 1 saturated heterocycles. The zero-order valence-electron chi connectivity index (χ0n) is 13.8. The first-order chi connectivity index (χ1) is 11.0. The van der Waals surface area contributed by atoms with Crippen LogP contribution >= 0.6 is 0 Å². The van der Waals surface area contributed by atoms with Crippen molar-refractivity contribution in [2.24, 2.45) is 5.92 Å². The average molecular weight is 320 g/mol. The van der Waals surface area contributed by atoms with E-state index in [1.165, 1.54) is 12.1 Å². The molecule has 2 rings (SSSR count). The minimum atomic E-state index is -0.260. The summed E-state index contributed by atoms with van der Waals surface area (Å²) in [6.07, 6.45) is 2.93. The molecule has 0 spiro atoms. The van der Waals surface area contributed by atoms with E-state index in [-0.39, 0.29) is 36.0 Å². The Hall–Kier alpha value is -1.91. The minimum absolute atomic E-state index is 0.0235. The highest BCUT2D eigenvalue weighted by Gasteiger charge is 2.34. The molecule has 1 aromatic carbocycles. The van der Waals surface area contributed by atoms with Crippen molar-refractivity contribution in [2.75, 3.05) is 13.1 Å². The largest absolute Gasteiger partial charge is 0.353 e. The van der Waals surface area contributed by atoms with Crippen molar-refractivity contribution in [3.63, 3.8) is 0 Å². The SMILES string of the molecule is CCC[C@H](C)NC(=O)[C@H]1CC(=O)N(CCc2ccc(F)cc2)C1. The van der Waals surface area contributed by atoms with Crippen molar-refractivity contribution in [3.05, 3.63) is 35.6 Å². The molecular weight excluding hydrogens is 295 g/mol. The van der Waals surface area contributed by atoms with Crippen molar-refractivity contribution in [1.29, 1.82) is 0 Å². The zero-order chi connectivity index (χ0) is 16.8. The second-order valence-electron chi connectivity index (χ2n) is 6.32. The van der Waals surface area contributed by atoms with Gasteiger partial charge < -0.3 is 10.2 Å². The molecular formula is C18H25FN2O2. The molecule has 1 aromatic rings. The van der Waals surface area contributed by atoms with E-state index in [1.54, 1.807) is 17.0 Å². The number of hydrogen-bond donors (Lipinski definition) is 1. The summed E-state index contributed by atoms with van der Waals surface area (Å²) >= 11 is 0.